The smallest absolute Gasteiger partial charge is 0.255 e. The Bertz CT molecular complexity index is 1290. The molecule has 2 N–H and O–H groups in total. The average Bonchev–Trinajstić information content (AvgIpc) is 2.93. The lowest BCUT2D eigenvalue weighted by atomic mass is 9.90. The number of anilines is 2. The summed E-state index contributed by atoms with van der Waals surface area (Å²) in [4.78, 5) is 26.5. The highest BCUT2D eigenvalue weighted by Gasteiger charge is 2.25. The van der Waals surface area contributed by atoms with Crippen LogP contribution in [0.1, 0.15) is 41.3 Å². The number of carbonyl (C=O) groups is 2. The summed E-state index contributed by atoms with van der Waals surface area (Å²) < 4.78 is 11.7. The van der Waals surface area contributed by atoms with E-state index in [4.69, 9.17) is 9.47 Å². The largest absolute Gasteiger partial charge is 0.492 e. The second kappa shape index (κ2) is 12.4. The van der Waals surface area contributed by atoms with Crippen LogP contribution in [0.2, 0.25) is 0 Å². The average molecular weight is 495 g/mol. The highest BCUT2D eigenvalue weighted by atomic mass is 16.5. The Hall–Kier alpha value is -4.58. The fraction of sp³-hybridized carbons (Fsp3) is 0.161. The lowest BCUT2D eigenvalue weighted by molar-refractivity contribution is -0.116. The van der Waals surface area contributed by atoms with E-state index >= 15 is 0 Å². The van der Waals surface area contributed by atoms with Gasteiger partial charge in [-0.3, -0.25) is 9.59 Å². The van der Waals surface area contributed by atoms with Crippen LogP contribution >= 0.6 is 0 Å². The molecule has 0 saturated heterocycles. The molecule has 4 aromatic carbocycles. The number of hydrogen-bond acceptors (Lipinski definition) is 4. The van der Waals surface area contributed by atoms with Crippen LogP contribution in [0.15, 0.2) is 103 Å². The van der Waals surface area contributed by atoms with Crippen molar-refractivity contribution in [1.29, 1.82) is 0 Å². The van der Waals surface area contributed by atoms with Crippen molar-refractivity contribution in [3.8, 4) is 11.5 Å². The van der Waals surface area contributed by atoms with Gasteiger partial charge in [-0.15, -0.1) is 0 Å². The van der Waals surface area contributed by atoms with E-state index in [1.54, 1.807) is 36.4 Å². The first kappa shape index (κ1) is 25.5. The molecule has 6 nitrogen and oxygen atoms in total. The quantitative estimate of drug-likeness (QED) is 0.264. The van der Waals surface area contributed by atoms with Gasteiger partial charge in [0.2, 0.25) is 5.91 Å². The van der Waals surface area contributed by atoms with E-state index in [9.17, 15) is 9.59 Å². The molecular formula is C31H30N2O4. The molecule has 0 fully saturated rings. The zero-order chi connectivity index (χ0) is 26.0. The van der Waals surface area contributed by atoms with Crippen molar-refractivity contribution < 1.29 is 19.1 Å². The van der Waals surface area contributed by atoms with E-state index < -0.39 is 5.92 Å². The van der Waals surface area contributed by atoms with Crippen LogP contribution in [-0.4, -0.2) is 25.0 Å². The lowest BCUT2D eigenvalue weighted by Gasteiger charge is -2.21. The van der Waals surface area contributed by atoms with Gasteiger partial charge in [-0.05, 0) is 37.1 Å². The van der Waals surface area contributed by atoms with E-state index in [1.165, 1.54) is 0 Å². The summed E-state index contributed by atoms with van der Waals surface area (Å²) in [5.74, 6) is -0.134. The van der Waals surface area contributed by atoms with Gasteiger partial charge in [-0.25, -0.2) is 0 Å². The Kier molecular flexibility index (Phi) is 8.55. The molecule has 0 saturated carbocycles. The van der Waals surface area contributed by atoms with Gasteiger partial charge in [0.25, 0.3) is 5.91 Å². The van der Waals surface area contributed by atoms with E-state index in [0.29, 0.717) is 41.7 Å². The molecule has 6 heteroatoms. The topological polar surface area (TPSA) is 76.7 Å². The Labute approximate surface area is 217 Å². The van der Waals surface area contributed by atoms with Gasteiger partial charge in [0.1, 0.15) is 11.5 Å². The van der Waals surface area contributed by atoms with Crippen molar-refractivity contribution in [3.05, 3.63) is 120 Å². The van der Waals surface area contributed by atoms with Crippen molar-refractivity contribution in [2.75, 3.05) is 23.8 Å². The molecule has 2 amide bonds. The molecule has 0 unspecified atom stereocenters. The third-order valence-corrected chi connectivity index (χ3v) is 5.75. The molecule has 0 atom stereocenters. The number of carbonyl (C=O) groups excluding carboxylic acids is 2. The van der Waals surface area contributed by atoms with Crippen LogP contribution < -0.4 is 20.1 Å². The van der Waals surface area contributed by atoms with Crippen molar-refractivity contribution in [2.45, 2.75) is 19.8 Å². The van der Waals surface area contributed by atoms with Gasteiger partial charge < -0.3 is 20.1 Å². The first-order chi connectivity index (χ1) is 18.1. The molecular weight excluding hydrogens is 464 g/mol. The fourth-order valence-electron chi connectivity index (χ4n) is 4.08. The van der Waals surface area contributed by atoms with Crippen LogP contribution in [-0.2, 0) is 4.79 Å². The van der Waals surface area contributed by atoms with E-state index in [2.05, 4.69) is 10.6 Å². The predicted molar refractivity (Wildman–Crippen MR) is 147 cm³/mol. The fourth-order valence-corrected chi connectivity index (χ4v) is 4.08. The second-order valence-corrected chi connectivity index (χ2v) is 8.27. The van der Waals surface area contributed by atoms with Gasteiger partial charge in [0.05, 0.1) is 30.5 Å². The third kappa shape index (κ3) is 6.35. The number of rotatable bonds is 10. The molecule has 0 aliphatic rings. The summed E-state index contributed by atoms with van der Waals surface area (Å²) >= 11 is 0. The standard InChI is InChI=1S/C31H30N2O4/c1-3-36-27-21-26(28(37-4-2)20-25(27)32-30(34)24-18-12-7-13-19-24)33-31(35)29(22-14-8-5-9-15-22)23-16-10-6-11-17-23/h5-21,29H,3-4H2,1-2H3,(H,32,34)(H,33,35). The van der Waals surface area contributed by atoms with Crippen LogP contribution in [0.5, 0.6) is 11.5 Å². The van der Waals surface area contributed by atoms with Crippen molar-refractivity contribution in [1.82, 2.24) is 0 Å². The molecule has 0 radical (unpaired) electrons. The molecule has 0 aliphatic heterocycles. The molecule has 37 heavy (non-hydrogen) atoms. The Morgan fingerprint density at radius 3 is 1.54 bits per heavy atom. The monoisotopic (exact) mass is 494 g/mol. The Balaban J connectivity index is 1.69. The molecule has 0 aliphatic carbocycles. The maximum Gasteiger partial charge on any atom is 0.255 e. The minimum atomic E-state index is -0.523. The normalized spacial score (nSPS) is 10.6. The number of benzene rings is 4. The summed E-state index contributed by atoms with van der Waals surface area (Å²) in [7, 11) is 0. The Morgan fingerprint density at radius 2 is 1.08 bits per heavy atom. The number of ether oxygens (including phenoxy) is 2. The van der Waals surface area contributed by atoms with Crippen LogP contribution in [0.3, 0.4) is 0 Å². The van der Waals surface area contributed by atoms with Crippen LogP contribution in [0, 0.1) is 0 Å². The number of hydrogen-bond donors (Lipinski definition) is 2. The minimum absolute atomic E-state index is 0.207. The highest BCUT2D eigenvalue weighted by molar-refractivity contribution is 6.06. The predicted octanol–water partition coefficient (Wildman–Crippen LogP) is 6.51. The third-order valence-electron chi connectivity index (χ3n) is 5.75. The lowest BCUT2D eigenvalue weighted by Crippen LogP contribution is -2.23. The van der Waals surface area contributed by atoms with Gasteiger partial charge in [0, 0.05) is 17.7 Å². The summed E-state index contributed by atoms with van der Waals surface area (Å²) in [6.07, 6.45) is 0. The second-order valence-electron chi connectivity index (χ2n) is 8.27. The summed E-state index contributed by atoms with van der Waals surface area (Å²) in [6.45, 7) is 4.48. The highest BCUT2D eigenvalue weighted by Crippen LogP contribution is 2.38. The summed E-state index contributed by atoms with van der Waals surface area (Å²) in [5, 5.41) is 5.96. The first-order valence-electron chi connectivity index (χ1n) is 12.3. The SMILES string of the molecule is CCOc1cc(NC(=O)C(c2ccccc2)c2ccccc2)c(OCC)cc1NC(=O)c1ccccc1. The zero-order valence-corrected chi connectivity index (χ0v) is 20.9. The van der Waals surface area contributed by atoms with Crippen molar-refractivity contribution in [2.24, 2.45) is 0 Å². The Morgan fingerprint density at radius 1 is 0.649 bits per heavy atom. The van der Waals surface area contributed by atoms with E-state index in [0.717, 1.165) is 11.1 Å². The van der Waals surface area contributed by atoms with Gasteiger partial charge in [-0.2, -0.15) is 0 Å². The minimum Gasteiger partial charge on any atom is -0.492 e. The van der Waals surface area contributed by atoms with Crippen LogP contribution in [0.25, 0.3) is 0 Å². The van der Waals surface area contributed by atoms with E-state index in [-0.39, 0.29) is 11.8 Å². The maximum atomic E-state index is 13.7. The van der Waals surface area contributed by atoms with Crippen LogP contribution in [0.4, 0.5) is 11.4 Å². The molecule has 0 bridgehead atoms. The molecule has 188 valence electrons. The zero-order valence-electron chi connectivity index (χ0n) is 20.9. The molecule has 0 aromatic heterocycles. The molecule has 4 aromatic rings. The van der Waals surface area contributed by atoms with Gasteiger partial charge in [0.15, 0.2) is 0 Å². The van der Waals surface area contributed by atoms with Gasteiger partial charge >= 0.3 is 0 Å². The maximum absolute atomic E-state index is 13.7. The van der Waals surface area contributed by atoms with Crippen molar-refractivity contribution in [3.63, 3.8) is 0 Å². The number of amides is 2. The number of nitrogens with one attached hydrogen (secondary N) is 2. The molecule has 4 rings (SSSR count). The summed E-state index contributed by atoms with van der Waals surface area (Å²) in [5.41, 5.74) is 3.19. The first-order valence-corrected chi connectivity index (χ1v) is 12.3. The summed E-state index contributed by atoms with van der Waals surface area (Å²) in [6, 6.07) is 31.6. The van der Waals surface area contributed by atoms with E-state index in [1.807, 2.05) is 80.6 Å². The van der Waals surface area contributed by atoms with Crippen molar-refractivity contribution >= 4 is 23.2 Å². The molecule has 0 heterocycles. The molecule has 0 spiro atoms. The van der Waals surface area contributed by atoms with Gasteiger partial charge in [-0.1, -0.05) is 78.9 Å².